The fourth-order valence-corrected chi connectivity index (χ4v) is 2.37. The summed E-state index contributed by atoms with van der Waals surface area (Å²) in [4.78, 5) is 25.2. The summed E-state index contributed by atoms with van der Waals surface area (Å²) in [6.45, 7) is 4.52. The number of likely N-dealkylation sites (tertiary alicyclic amines) is 1. The maximum atomic E-state index is 11.8. The van der Waals surface area contributed by atoms with Crippen LogP contribution in [0.2, 0.25) is 0 Å². The Bertz CT molecular complexity index is 391. The number of hydrogen-bond acceptors (Lipinski definition) is 6. The van der Waals surface area contributed by atoms with Crippen LogP contribution in [-0.4, -0.2) is 61.4 Å². The average Bonchev–Trinajstić information content (AvgIpc) is 2.76. The van der Waals surface area contributed by atoms with E-state index in [0.717, 1.165) is 0 Å². The molecule has 20 heavy (non-hydrogen) atoms. The molecule has 1 fully saturated rings. The van der Waals surface area contributed by atoms with Crippen molar-refractivity contribution in [1.82, 2.24) is 4.90 Å². The molecule has 2 atom stereocenters. The Morgan fingerprint density at radius 2 is 2.00 bits per heavy atom. The number of ether oxygens (including phenoxy) is 2. The highest BCUT2D eigenvalue weighted by molar-refractivity contribution is 5.89. The lowest BCUT2D eigenvalue weighted by molar-refractivity contribution is -0.146. The Morgan fingerprint density at radius 3 is 2.50 bits per heavy atom. The molecule has 0 unspecified atom stereocenters. The molecule has 0 aromatic carbocycles. The monoisotopic (exact) mass is 285 g/mol. The minimum atomic E-state index is -0.586. The first-order chi connectivity index (χ1) is 9.38. The van der Waals surface area contributed by atoms with E-state index >= 15 is 0 Å². The van der Waals surface area contributed by atoms with Crippen LogP contribution < -0.4 is 0 Å². The summed E-state index contributed by atoms with van der Waals surface area (Å²) in [6, 6.07) is -0.518. The Balaban J connectivity index is 2.86. The zero-order valence-corrected chi connectivity index (χ0v) is 12.5. The van der Waals surface area contributed by atoms with Crippen molar-refractivity contribution < 1.29 is 24.2 Å². The van der Waals surface area contributed by atoms with Crippen LogP contribution in [0.1, 0.15) is 20.3 Å². The molecule has 1 rings (SSSR count). The Kier molecular flexibility index (Phi) is 6.16. The average molecular weight is 285 g/mol. The van der Waals surface area contributed by atoms with E-state index in [9.17, 15) is 14.7 Å². The number of esters is 2. The van der Waals surface area contributed by atoms with Gasteiger partial charge in [-0.1, -0.05) is 19.9 Å². The summed E-state index contributed by atoms with van der Waals surface area (Å²) in [5.74, 6) is -0.618. The van der Waals surface area contributed by atoms with Gasteiger partial charge in [-0.05, 0) is 5.92 Å². The summed E-state index contributed by atoms with van der Waals surface area (Å²) >= 11 is 0. The molecule has 6 heteroatoms. The minimum absolute atomic E-state index is 0.188. The van der Waals surface area contributed by atoms with Crippen LogP contribution in [-0.2, 0) is 19.1 Å². The van der Waals surface area contributed by atoms with Gasteiger partial charge in [-0.25, -0.2) is 4.79 Å². The third-order valence-corrected chi connectivity index (χ3v) is 3.21. The van der Waals surface area contributed by atoms with E-state index in [1.54, 1.807) is 4.90 Å². The van der Waals surface area contributed by atoms with Crippen molar-refractivity contribution >= 4 is 11.9 Å². The van der Waals surface area contributed by atoms with E-state index in [-0.39, 0.29) is 12.5 Å². The quantitative estimate of drug-likeness (QED) is 0.580. The number of rotatable bonds is 5. The molecule has 1 saturated heterocycles. The molecule has 0 spiro atoms. The number of aliphatic hydroxyl groups excluding tert-OH is 1. The Hall–Kier alpha value is -1.40. The van der Waals surface area contributed by atoms with Gasteiger partial charge < -0.3 is 14.6 Å². The number of hydrogen-bond donors (Lipinski definition) is 1. The van der Waals surface area contributed by atoms with Crippen molar-refractivity contribution in [3.63, 3.8) is 0 Å². The lowest BCUT2D eigenvalue weighted by Crippen LogP contribution is -2.39. The zero-order chi connectivity index (χ0) is 15.3. The summed E-state index contributed by atoms with van der Waals surface area (Å²) < 4.78 is 9.49. The highest BCUT2D eigenvalue weighted by atomic mass is 16.5. The number of methoxy groups -OCH3 is 2. The van der Waals surface area contributed by atoms with E-state index in [0.29, 0.717) is 18.5 Å². The molecular weight excluding hydrogens is 262 g/mol. The van der Waals surface area contributed by atoms with Gasteiger partial charge in [-0.15, -0.1) is 0 Å². The van der Waals surface area contributed by atoms with Crippen LogP contribution in [0, 0.1) is 5.92 Å². The second-order valence-electron chi connectivity index (χ2n) is 5.29. The second-order valence-corrected chi connectivity index (χ2v) is 5.29. The molecule has 1 aliphatic rings. The lowest BCUT2D eigenvalue weighted by Gasteiger charge is -2.22. The van der Waals surface area contributed by atoms with Gasteiger partial charge in [0.25, 0.3) is 0 Å². The molecule has 0 aliphatic carbocycles. The molecular formula is C14H23NO5. The number of β-amino-alcohol motifs (C(OH)–C–C–N with tert-alkyl or cyclic N) is 1. The summed E-state index contributed by atoms with van der Waals surface area (Å²) in [7, 11) is 2.64. The van der Waals surface area contributed by atoms with Crippen LogP contribution in [0.25, 0.3) is 0 Å². The predicted octanol–water partition coefficient (Wildman–Crippen LogP) is 0.350. The van der Waals surface area contributed by atoms with E-state index < -0.39 is 24.1 Å². The van der Waals surface area contributed by atoms with Crippen LogP contribution in [0.5, 0.6) is 0 Å². The third-order valence-electron chi connectivity index (χ3n) is 3.21. The molecule has 0 aromatic heterocycles. The second kappa shape index (κ2) is 7.40. The van der Waals surface area contributed by atoms with Gasteiger partial charge in [0.2, 0.25) is 0 Å². The van der Waals surface area contributed by atoms with Crippen molar-refractivity contribution in [3.05, 3.63) is 11.6 Å². The Morgan fingerprint density at radius 1 is 1.35 bits per heavy atom. The fourth-order valence-electron chi connectivity index (χ4n) is 2.37. The van der Waals surface area contributed by atoms with Gasteiger partial charge in [0.1, 0.15) is 6.04 Å². The van der Waals surface area contributed by atoms with Crippen molar-refractivity contribution in [2.24, 2.45) is 5.92 Å². The zero-order valence-electron chi connectivity index (χ0n) is 12.5. The van der Waals surface area contributed by atoms with Crippen molar-refractivity contribution in [2.75, 3.05) is 27.3 Å². The van der Waals surface area contributed by atoms with Crippen LogP contribution in [0.3, 0.4) is 0 Å². The SMILES string of the molecule is COC(=O)/C(=C\C(C)C)CN1C[C@H](O)C[C@H]1C(=O)OC. The van der Waals surface area contributed by atoms with E-state index in [1.807, 2.05) is 19.9 Å². The van der Waals surface area contributed by atoms with Gasteiger partial charge in [-0.3, -0.25) is 9.69 Å². The van der Waals surface area contributed by atoms with Crippen molar-refractivity contribution in [2.45, 2.75) is 32.4 Å². The van der Waals surface area contributed by atoms with Crippen LogP contribution >= 0.6 is 0 Å². The number of nitrogens with zero attached hydrogens (tertiary/aromatic N) is 1. The molecule has 1 aliphatic heterocycles. The molecule has 0 aromatic rings. The standard InChI is InChI=1S/C14H23NO5/c1-9(2)5-10(13(17)19-3)7-15-8-11(16)6-12(15)14(18)20-4/h5,9,11-12,16H,6-8H2,1-4H3/b10-5-/t11-,12+/m1/s1. The molecule has 0 radical (unpaired) electrons. The van der Waals surface area contributed by atoms with E-state index in [1.165, 1.54) is 14.2 Å². The van der Waals surface area contributed by atoms with Gasteiger partial charge in [-0.2, -0.15) is 0 Å². The molecule has 114 valence electrons. The maximum Gasteiger partial charge on any atom is 0.334 e. The first-order valence-electron chi connectivity index (χ1n) is 6.68. The number of carbonyl (C=O) groups excluding carboxylic acids is 2. The topological polar surface area (TPSA) is 76.1 Å². The minimum Gasteiger partial charge on any atom is -0.468 e. The summed E-state index contributed by atoms with van der Waals surface area (Å²) in [5, 5.41) is 9.72. The van der Waals surface area contributed by atoms with Crippen LogP contribution in [0.15, 0.2) is 11.6 Å². The molecule has 0 amide bonds. The fraction of sp³-hybridized carbons (Fsp3) is 0.714. The van der Waals surface area contributed by atoms with Gasteiger partial charge in [0, 0.05) is 25.1 Å². The molecule has 1 heterocycles. The van der Waals surface area contributed by atoms with Crippen molar-refractivity contribution in [3.8, 4) is 0 Å². The number of allylic oxidation sites excluding steroid dienone is 1. The van der Waals surface area contributed by atoms with E-state index in [2.05, 4.69) is 0 Å². The highest BCUT2D eigenvalue weighted by Gasteiger charge is 2.37. The number of aliphatic hydroxyl groups is 1. The first-order valence-corrected chi connectivity index (χ1v) is 6.68. The van der Waals surface area contributed by atoms with Crippen LogP contribution in [0.4, 0.5) is 0 Å². The first kappa shape index (κ1) is 16.7. The summed E-state index contributed by atoms with van der Waals surface area (Å²) in [6.07, 6.45) is 1.55. The van der Waals surface area contributed by atoms with E-state index in [4.69, 9.17) is 9.47 Å². The normalized spacial score (nSPS) is 24.0. The Labute approximate surface area is 119 Å². The largest absolute Gasteiger partial charge is 0.468 e. The molecule has 0 saturated carbocycles. The molecule has 6 nitrogen and oxygen atoms in total. The third kappa shape index (κ3) is 4.31. The maximum absolute atomic E-state index is 11.8. The molecule has 1 N–H and O–H groups in total. The van der Waals surface area contributed by atoms with Crippen molar-refractivity contribution in [1.29, 1.82) is 0 Å². The smallest absolute Gasteiger partial charge is 0.334 e. The van der Waals surface area contributed by atoms with Gasteiger partial charge in [0.05, 0.1) is 20.3 Å². The summed E-state index contributed by atoms with van der Waals surface area (Å²) in [5.41, 5.74) is 0.491. The van der Waals surface area contributed by atoms with Gasteiger partial charge in [0.15, 0.2) is 0 Å². The number of carbonyl (C=O) groups is 2. The lowest BCUT2D eigenvalue weighted by atomic mass is 10.1. The molecule has 0 bridgehead atoms. The highest BCUT2D eigenvalue weighted by Crippen LogP contribution is 2.21. The predicted molar refractivity (Wildman–Crippen MR) is 72.9 cm³/mol. The van der Waals surface area contributed by atoms with Gasteiger partial charge >= 0.3 is 11.9 Å².